The SMILES string of the molecule is CCCOC(=O)c1ccc(NC(=O)c2ccc3[nH]c4c(c3c2)C[C@@H](C)CC4)cc1. The normalized spacial score (nSPS) is 15.7. The molecule has 0 saturated carbocycles. The molecule has 150 valence electrons. The number of aromatic amines is 1. The van der Waals surface area contributed by atoms with Crippen LogP contribution in [0.5, 0.6) is 0 Å². The molecule has 0 radical (unpaired) electrons. The van der Waals surface area contributed by atoms with E-state index in [2.05, 4.69) is 17.2 Å². The van der Waals surface area contributed by atoms with Crippen LogP contribution in [0, 0.1) is 5.92 Å². The smallest absolute Gasteiger partial charge is 0.338 e. The van der Waals surface area contributed by atoms with Crippen LogP contribution in [0.4, 0.5) is 5.69 Å². The van der Waals surface area contributed by atoms with Gasteiger partial charge in [-0.25, -0.2) is 4.79 Å². The molecule has 0 spiro atoms. The Morgan fingerprint density at radius 3 is 2.66 bits per heavy atom. The number of nitrogens with one attached hydrogen (secondary N) is 2. The van der Waals surface area contributed by atoms with Crippen molar-refractivity contribution in [3.8, 4) is 0 Å². The maximum atomic E-state index is 12.8. The van der Waals surface area contributed by atoms with E-state index in [0.717, 1.165) is 30.2 Å². The van der Waals surface area contributed by atoms with Crippen LogP contribution >= 0.6 is 0 Å². The van der Waals surface area contributed by atoms with Crippen molar-refractivity contribution in [3.05, 3.63) is 64.8 Å². The molecule has 0 unspecified atom stereocenters. The number of hydrogen-bond donors (Lipinski definition) is 2. The average molecular weight is 390 g/mol. The minimum Gasteiger partial charge on any atom is -0.462 e. The molecule has 1 aliphatic carbocycles. The molecule has 2 N–H and O–H groups in total. The van der Waals surface area contributed by atoms with Crippen LogP contribution in [0.15, 0.2) is 42.5 Å². The summed E-state index contributed by atoms with van der Waals surface area (Å²) in [5, 5.41) is 4.06. The Balaban J connectivity index is 1.50. The maximum Gasteiger partial charge on any atom is 0.338 e. The molecule has 1 heterocycles. The van der Waals surface area contributed by atoms with Gasteiger partial charge in [0.15, 0.2) is 0 Å². The molecular weight excluding hydrogens is 364 g/mol. The fourth-order valence-electron chi connectivity index (χ4n) is 3.90. The summed E-state index contributed by atoms with van der Waals surface area (Å²) in [6.45, 7) is 4.63. The van der Waals surface area contributed by atoms with Gasteiger partial charge in [-0.2, -0.15) is 0 Å². The molecule has 5 heteroatoms. The summed E-state index contributed by atoms with van der Waals surface area (Å²) >= 11 is 0. The van der Waals surface area contributed by atoms with E-state index in [1.165, 1.54) is 17.7 Å². The highest BCUT2D eigenvalue weighted by Gasteiger charge is 2.20. The summed E-state index contributed by atoms with van der Waals surface area (Å²) in [4.78, 5) is 28.2. The number of aromatic nitrogens is 1. The molecular formula is C24H26N2O3. The monoisotopic (exact) mass is 390 g/mol. The van der Waals surface area contributed by atoms with Crippen LogP contribution in [0.1, 0.15) is 58.7 Å². The lowest BCUT2D eigenvalue weighted by Crippen LogP contribution is -2.12. The van der Waals surface area contributed by atoms with Gasteiger partial charge in [-0.15, -0.1) is 0 Å². The number of hydrogen-bond acceptors (Lipinski definition) is 3. The standard InChI is InChI=1S/C24H26N2O3/c1-3-12-29-24(28)16-5-8-18(9-6-16)25-23(27)17-7-11-22-20(14-17)19-13-15(2)4-10-21(19)26-22/h5-9,11,14-15,26H,3-4,10,12-13H2,1-2H3,(H,25,27)/t15-/m0/s1. The van der Waals surface area contributed by atoms with Crippen molar-refractivity contribution >= 4 is 28.5 Å². The molecule has 5 nitrogen and oxygen atoms in total. The number of H-pyrrole nitrogens is 1. The molecule has 1 amide bonds. The van der Waals surface area contributed by atoms with Crippen molar-refractivity contribution in [2.75, 3.05) is 11.9 Å². The molecule has 2 aromatic carbocycles. The van der Waals surface area contributed by atoms with Crippen LogP contribution < -0.4 is 5.32 Å². The Labute approximate surface area is 170 Å². The number of anilines is 1. The Morgan fingerprint density at radius 1 is 1.14 bits per heavy atom. The lowest BCUT2D eigenvalue weighted by Gasteiger charge is -2.18. The third-order valence-electron chi connectivity index (χ3n) is 5.51. The van der Waals surface area contributed by atoms with E-state index < -0.39 is 0 Å². The second-order valence-corrected chi connectivity index (χ2v) is 7.86. The minimum absolute atomic E-state index is 0.160. The molecule has 0 aliphatic heterocycles. The van der Waals surface area contributed by atoms with Crippen LogP contribution in [-0.2, 0) is 17.6 Å². The van der Waals surface area contributed by atoms with E-state index in [9.17, 15) is 9.59 Å². The van der Waals surface area contributed by atoms with Gasteiger partial charge in [0, 0.05) is 27.8 Å². The van der Waals surface area contributed by atoms with Gasteiger partial charge in [-0.05, 0) is 79.6 Å². The Morgan fingerprint density at radius 2 is 1.90 bits per heavy atom. The highest BCUT2D eigenvalue weighted by atomic mass is 16.5. The zero-order valence-electron chi connectivity index (χ0n) is 16.9. The van der Waals surface area contributed by atoms with Crippen molar-refractivity contribution in [1.82, 2.24) is 4.98 Å². The Hall–Kier alpha value is -3.08. The van der Waals surface area contributed by atoms with Gasteiger partial charge in [0.25, 0.3) is 5.91 Å². The maximum absolute atomic E-state index is 12.8. The van der Waals surface area contributed by atoms with Crippen LogP contribution in [-0.4, -0.2) is 23.5 Å². The minimum atomic E-state index is -0.346. The van der Waals surface area contributed by atoms with E-state index in [4.69, 9.17) is 4.74 Å². The fourth-order valence-corrected chi connectivity index (χ4v) is 3.90. The summed E-state index contributed by atoms with van der Waals surface area (Å²) in [7, 11) is 0. The van der Waals surface area contributed by atoms with E-state index >= 15 is 0 Å². The second-order valence-electron chi connectivity index (χ2n) is 7.86. The number of ether oxygens (including phenoxy) is 1. The van der Waals surface area contributed by atoms with Gasteiger partial charge in [0.2, 0.25) is 0 Å². The van der Waals surface area contributed by atoms with Crippen molar-refractivity contribution in [3.63, 3.8) is 0 Å². The van der Waals surface area contributed by atoms with Gasteiger partial charge < -0.3 is 15.0 Å². The third kappa shape index (κ3) is 4.04. The van der Waals surface area contributed by atoms with E-state index in [0.29, 0.717) is 29.3 Å². The number of carbonyl (C=O) groups is 2. The largest absolute Gasteiger partial charge is 0.462 e. The van der Waals surface area contributed by atoms with Gasteiger partial charge in [0.1, 0.15) is 0 Å². The second kappa shape index (κ2) is 8.11. The van der Waals surface area contributed by atoms with E-state index in [1.54, 1.807) is 24.3 Å². The number of esters is 1. The summed E-state index contributed by atoms with van der Waals surface area (Å²) in [5.74, 6) is 0.162. The Kier molecular flexibility index (Phi) is 5.38. The number of amides is 1. The summed E-state index contributed by atoms with van der Waals surface area (Å²) in [6.07, 6.45) is 4.11. The molecule has 1 atom stereocenters. The molecule has 0 fully saturated rings. The molecule has 0 bridgehead atoms. The predicted octanol–water partition coefficient (Wildman–Crippen LogP) is 5.11. The number of benzene rings is 2. The van der Waals surface area contributed by atoms with Crippen molar-refractivity contribution in [2.45, 2.75) is 39.5 Å². The zero-order valence-corrected chi connectivity index (χ0v) is 16.9. The molecule has 29 heavy (non-hydrogen) atoms. The molecule has 3 aromatic rings. The number of rotatable bonds is 5. The molecule has 1 aromatic heterocycles. The average Bonchev–Trinajstić information content (AvgIpc) is 3.09. The lowest BCUT2D eigenvalue weighted by atomic mass is 9.87. The first-order chi connectivity index (χ1) is 14.0. The molecule has 0 saturated heterocycles. The van der Waals surface area contributed by atoms with Crippen LogP contribution in [0.3, 0.4) is 0 Å². The highest BCUT2D eigenvalue weighted by Crippen LogP contribution is 2.32. The van der Waals surface area contributed by atoms with Crippen molar-refractivity contribution in [1.29, 1.82) is 0 Å². The zero-order chi connectivity index (χ0) is 20.4. The first kappa shape index (κ1) is 19.2. The first-order valence-corrected chi connectivity index (χ1v) is 10.3. The van der Waals surface area contributed by atoms with Crippen molar-refractivity contribution in [2.24, 2.45) is 5.92 Å². The summed E-state index contributed by atoms with van der Waals surface area (Å²) in [5.41, 5.74) is 5.50. The summed E-state index contributed by atoms with van der Waals surface area (Å²) in [6, 6.07) is 12.6. The number of aryl methyl sites for hydroxylation is 1. The quantitative estimate of drug-likeness (QED) is 0.595. The number of carbonyl (C=O) groups excluding carboxylic acids is 2. The van der Waals surface area contributed by atoms with Gasteiger partial charge in [-0.3, -0.25) is 4.79 Å². The van der Waals surface area contributed by atoms with E-state index in [-0.39, 0.29) is 11.9 Å². The predicted molar refractivity (Wildman–Crippen MR) is 114 cm³/mol. The fraction of sp³-hybridized carbons (Fsp3) is 0.333. The summed E-state index contributed by atoms with van der Waals surface area (Å²) < 4.78 is 5.12. The van der Waals surface area contributed by atoms with Gasteiger partial charge in [-0.1, -0.05) is 13.8 Å². The van der Waals surface area contributed by atoms with Gasteiger partial charge in [0.05, 0.1) is 12.2 Å². The third-order valence-corrected chi connectivity index (χ3v) is 5.51. The van der Waals surface area contributed by atoms with E-state index in [1.807, 2.05) is 25.1 Å². The van der Waals surface area contributed by atoms with Crippen LogP contribution in [0.2, 0.25) is 0 Å². The lowest BCUT2D eigenvalue weighted by molar-refractivity contribution is 0.0505. The van der Waals surface area contributed by atoms with Gasteiger partial charge >= 0.3 is 5.97 Å². The number of fused-ring (bicyclic) bond motifs is 3. The molecule has 1 aliphatic rings. The first-order valence-electron chi connectivity index (χ1n) is 10.3. The Bertz CT molecular complexity index is 1050. The topological polar surface area (TPSA) is 71.2 Å². The van der Waals surface area contributed by atoms with Crippen molar-refractivity contribution < 1.29 is 14.3 Å². The van der Waals surface area contributed by atoms with Crippen LogP contribution in [0.25, 0.3) is 10.9 Å². The molecule has 4 rings (SSSR count). The highest BCUT2D eigenvalue weighted by molar-refractivity contribution is 6.06.